The van der Waals surface area contributed by atoms with Gasteiger partial charge in [-0.15, -0.1) is 0 Å². The van der Waals surface area contributed by atoms with Crippen molar-refractivity contribution in [1.82, 2.24) is 19.3 Å². The smallest absolute Gasteiger partial charge is 0.211 e. The van der Waals surface area contributed by atoms with E-state index in [1.807, 2.05) is 6.92 Å². The molecule has 0 spiro atoms. The summed E-state index contributed by atoms with van der Waals surface area (Å²) in [5, 5.41) is 16.9. The Morgan fingerprint density at radius 1 is 1.48 bits per heavy atom. The van der Waals surface area contributed by atoms with E-state index in [2.05, 4.69) is 14.7 Å². The third-order valence-electron chi connectivity index (χ3n) is 5.21. The summed E-state index contributed by atoms with van der Waals surface area (Å²) in [5.74, 6) is 0.0296. The van der Waals surface area contributed by atoms with E-state index in [4.69, 9.17) is 10.8 Å². The van der Waals surface area contributed by atoms with Crippen molar-refractivity contribution in [2.75, 3.05) is 12.4 Å². The van der Waals surface area contributed by atoms with Crippen molar-refractivity contribution in [3.05, 3.63) is 23.9 Å². The van der Waals surface area contributed by atoms with Gasteiger partial charge in [0, 0.05) is 18.2 Å². The monoisotopic (exact) mass is 396 g/mol. The van der Waals surface area contributed by atoms with E-state index in [1.54, 1.807) is 16.8 Å². The molecule has 0 amide bonds. The fourth-order valence-electron chi connectivity index (χ4n) is 3.94. The molecular weight excluding hydrogens is 371 g/mol. The highest BCUT2D eigenvalue weighted by atomic mass is 32.2. The summed E-state index contributed by atoms with van der Waals surface area (Å²) in [6, 6.07) is 1.50. The zero-order chi connectivity index (χ0) is 19.6. The molecule has 0 bridgehead atoms. The van der Waals surface area contributed by atoms with Gasteiger partial charge in [-0.1, -0.05) is 13.3 Å². The summed E-state index contributed by atoms with van der Waals surface area (Å²) in [4.78, 5) is 7.14. The first-order valence-corrected chi connectivity index (χ1v) is 10.8. The van der Waals surface area contributed by atoms with Gasteiger partial charge in [-0.2, -0.15) is 0 Å². The lowest BCUT2D eigenvalue weighted by Gasteiger charge is -2.21. The average Bonchev–Trinajstić information content (AvgIpc) is 3.25. The van der Waals surface area contributed by atoms with Crippen LogP contribution in [0.5, 0.6) is 0 Å². The van der Waals surface area contributed by atoms with E-state index < -0.39 is 16.7 Å². The third kappa shape index (κ3) is 4.11. The number of rotatable bonds is 7. The van der Waals surface area contributed by atoms with Gasteiger partial charge < -0.3 is 4.98 Å². The number of sulfonamides is 1. The van der Waals surface area contributed by atoms with Gasteiger partial charge in [0.2, 0.25) is 10.0 Å². The second-order valence-electron chi connectivity index (χ2n) is 7.00. The van der Waals surface area contributed by atoms with Crippen LogP contribution in [0, 0.1) is 22.7 Å². The Morgan fingerprint density at radius 3 is 2.96 bits per heavy atom. The zero-order valence-corrected chi connectivity index (χ0v) is 16.0. The quantitative estimate of drug-likeness (QED) is 0.420. The average molecular weight is 396 g/mol. The summed E-state index contributed by atoms with van der Waals surface area (Å²) in [5.41, 5.74) is 1.38. The van der Waals surface area contributed by atoms with Crippen LogP contribution >= 0.6 is 0 Å². The summed E-state index contributed by atoms with van der Waals surface area (Å²) in [6.45, 7) is 1.36. The molecule has 0 aromatic carbocycles. The molecule has 3 atom stereocenters. The van der Waals surface area contributed by atoms with E-state index in [1.165, 1.54) is 6.20 Å². The van der Waals surface area contributed by atoms with Crippen molar-refractivity contribution in [1.29, 1.82) is 10.8 Å². The minimum Gasteiger partial charge on any atom is -0.345 e. The number of fused-ring (bicyclic) bond motifs is 1. The first-order valence-electron chi connectivity index (χ1n) is 9.10. The molecule has 1 fully saturated rings. The lowest BCUT2D eigenvalue weighted by atomic mass is 9.92. The maximum Gasteiger partial charge on any atom is 0.211 e. The number of H-pyrrole nitrogens is 1. The van der Waals surface area contributed by atoms with Crippen LogP contribution in [0.2, 0.25) is 0 Å². The summed E-state index contributed by atoms with van der Waals surface area (Å²) in [7, 11) is -3.53. The molecule has 1 aliphatic carbocycles. The molecule has 1 aliphatic rings. The fourth-order valence-corrected chi connectivity index (χ4v) is 5.25. The van der Waals surface area contributed by atoms with Crippen LogP contribution in [0.15, 0.2) is 18.5 Å². The second-order valence-corrected chi connectivity index (χ2v) is 8.87. The number of nitrogens with zero attached hydrogens (tertiary/aromatic N) is 2. The molecule has 148 valence electrons. The lowest BCUT2D eigenvalue weighted by molar-refractivity contribution is 0.453. The van der Waals surface area contributed by atoms with Gasteiger partial charge in [0.15, 0.2) is 5.65 Å². The van der Waals surface area contributed by atoms with Crippen LogP contribution < -0.4 is 10.2 Å². The lowest BCUT2D eigenvalue weighted by Crippen LogP contribution is -2.36. The number of aromatic amines is 1. The van der Waals surface area contributed by atoms with Crippen LogP contribution in [0.25, 0.3) is 11.2 Å². The van der Waals surface area contributed by atoms with Gasteiger partial charge in [0.25, 0.3) is 0 Å². The highest BCUT2D eigenvalue weighted by Crippen LogP contribution is 2.36. The molecule has 0 saturated heterocycles. The molecule has 1 saturated carbocycles. The molecular formula is C17H25FN6O2S. The van der Waals surface area contributed by atoms with Crippen LogP contribution in [0.1, 0.15) is 32.6 Å². The Hall–Kier alpha value is -2.07. The van der Waals surface area contributed by atoms with Gasteiger partial charge >= 0.3 is 0 Å². The SMILES string of the molecule is CC[C@@H]1C[C@H](NS(=O)(=O)CCCF)C[C@@H]1C(=N)n1c(=N)cnc2[nH]ccc21. The molecule has 8 nitrogen and oxygen atoms in total. The van der Waals surface area contributed by atoms with Crippen LogP contribution in [-0.4, -0.2) is 47.3 Å². The van der Waals surface area contributed by atoms with Crippen molar-refractivity contribution < 1.29 is 12.8 Å². The van der Waals surface area contributed by atoms with E-state index >= 15 is 0 Å². The number of nitrogens with one attached hydrogen (secondary N) is 4. The Kier molecular flexibility index (Phi) is 5.75. The van der Waals surface area contributed by atoms with Crippen molar-refractivity contribution in [2.45, 2.75) is 38.6 Å². The predicted molar refractivity (Wildman–Crippen MR) is 101 cm³/mol. The van der Waals surface area contributed by atoms with E-state index in [0.717, 1.165) is 6.42 Å². The Bertz CT molecular complexity index is 983. The van der Waals surface area contributed by atoms with Crippen molar-refractivity contribution in [3.63, 3.8) is 0 Å². The van der Waals surface area contributed by atoms with Crippen molar-refractivity contribution in [3.8, 4) is 0 Å². The molecule has 2 aromatic heterocycles. The van der Waals surface area contributed by atoms with Crippen LogP contribution in [-0.2, 0) is 10.0 Å². The predicted octanol–water partition coefficient (Wildman–Crippen LogP) is 1.75. The van der Waals surface area contributed by atoms with Gasteiger partial charge in [0.1, 0.15) is 11.3 Å². The molecule has 27 heavy (non-hydrogen) atoms. The summed E-state index contributed by atoms with van der Waals surface area (Å²) in [6.07, 6.45) is 5.04. The molecule has 0 radical (unpaired) electrons. The maximum atomic E-state index is 12.3. The summed E-state index contributed by atoms with van der Waals surface area (Å²) >= 11 is 0. The molecule has 3 rings (SSSR count). The Morgan fingerprint density at radius 2 is 2.26 bits per heavy atom. The van der Waals surface area contributed by atoms with E-state index in [0.29, 0.717) is 24.0 Å². The van der Waals surface area contributed by atoms with Gasteiger partial charge in [-0.3, -0.25) is 19.8 Å². The number of hydrogen-bond donors (Lipinski definition) is 4. The first kappa shape index (κ1) is 19.7. The number of hydrogen-bond acceptors (Lipinski definition) is 5. The number of aromatic nitrogens is 3. The topological polar surface area (TPSA) is 127 Å². The second kappa shape index (κ2) is 7.89. The molecule has 10 heteroatoms. The standard InChI is InChI=1S/C17H25FN6O2S/c1-2-11-8-12(23-27(25,26)7-3-5-18)9-13(11)16(20)24-14-4-6-21-17(14)22-10-15(24)19/h4,6,10-13,19-21,23H,2-3,5,7-9H2,1H3/t11-,12+,13+/m1/s1. The molecule has 0 unspecified atom stereocenters. The van der Waals surface area contributed by atoms with Crippen LogP contribution in [0.3, 0.4) is 0 Å². The summed E-state index contributed by atoms with van der Waals surface area (Å²) < 4.78 is 40.7. The maximum absolute atomic E-state index is 12.3. The molecule has 2 aromatic rings. The number of alkyl halides is 1. The largest absolute Gasteiger partial charge is 0.345 e. The van der Waals surface area contributed by atoms with Crippen LogP contribution in [0.4, 0.5) is 4.39 Å². The van der Waals surface area contributed by atoms with Gasteiger partial charge in [0.05, 0.1) is 24.1 Å². The fraction of sp³-hybridized carbons (Fsp3) is 0.588. The highest BCUT2D eigenvalue weighted by Gasteiger charge is 2.38. The van der Waals surface area contributed by atoms with Gasteiger partial charge in [-0.25, -0.2) is 18.1 Å². The third-order valence-corrected chi connectivity index (χ3v) is 6.72. The van der Waals surface area contributed by atoms with E-state index in [9.17, 15) is 12.8 Å². The number of halogens is 1. The minimum atomic E-state index is -3.53. The molecule has 0 aliphatic heterocycles. The van der Waals surface area contributed by atoms with Crippen molar-refractivity contribution in [2.24, 2.45) is 11.8 Å². The zero-order valence-electron chi connectivity index (χ0n) is 15.2. The Labute approximate surface area is 157 Å². The molecule has 2 heterocycles. The van der Waals surface area contributed by atoms with Gasteiger partial charge in [-0.05, 0) is 31.2 Å². The molecule has 4 N–H and O–H groups in total. The Balaban J connectivity index is 1.83. The van der Waals surface area contributed by atoms with Crippen molar-refractivity contribution >= 4 is 27.0 Å². The van der Waals surface area contributed by atoms with E-state index in [-0.39, 0.29) is 41.4 Å². The first-order chi connectivity index (χ1) is 12.9. The normalized spacial score (nSPS) is 23.1. The highest BCUT2D eigenvalue weighted by molar-refractivity contribution is 7.89. The minimum absolute atomic E-state index is 0.0148.